The molecule has 0 spiro atoms. The fraction of sp³-hybridized carbons (Fsp3) is 0.727. The van der Waals surface area contributed by atoms with E-state index in [-0.39, 0.29) is 23.4 Å². The van der Waals surface area contributed by atoms with E-state index in [4.69, 9.17) is 16.3 Å². The molecular weight excluding hydrogens is 200 g/mol. The molecule has 0 aromatic heterocycles. The van der Waals surface area contributed by atoms with Crippen LogP contribution in [0.15, 0.2) is 11.6 Å². The maximum Gasteiger partial charge on any atom is 0.321 e. The van der Waals surface area contributed by atoms with Crippen molar-refractivity contribution in [3.63, 3.8) is 0 Å². The topological polar surface area (TPSA) is 26.3 Å². The van der Waals surface area contributed by atoms with Gasteiger partial charge < -0.3 is 4.74 Å². The van der Waals surface area contributed by atoms with Gasteiger partial charge in [0.2, 0.25) is 0 Å². The number of halogens is 1. The maximum atomic E-state index is 11.1. The first-order valence-electron chi connectivity index (χ1n) is 4.93. The molecule has 1 rings (SSSR count). The summed E-state index contributed by atoms with van der Waals surface area (Å²) in [6, 6.07) is 0. The molecule has 0 bridgehead atoms. The van der Waals surface area contributed by atoms with Crippen LogP contribution in [-0.4, -0.2) is 17.5 Å². The van der Waals surface area contributed by atoms with E-state index >= 15 is 0 Å². The second-order valence-corrected chi connectivity index (χ2v) is 4.49. The molecule has 0 saturated heterocycles. The molecular formula is C11H17ClO2. The summed E-state index contributed by atoms with van der Waals surface area (Å²) >= 11 is 5.42. The number of rotatable bonds is 2. The minimum Gasteiger partial charge on any atom is -0.458 e. The van der Waals surface area contributed by atoms with Crippen LogP contribution in [-0.2, 0) is 9.53 Å². The van der Waals surface area contributed by atoms with E-state index in [9.17, 15) is 4.79 Å². The van der Waals surface area contributed by atoms with Crippen LogP contribution >= 0.6 is 11.6 Å². The predicted octanol–water partition coefficient (Wildman–Crippen LogP) is 2.90. The van der Waals surface area contributed by atoms with Crippen LogP contribution in [0.1, 0.15) is 33.6 Å². The van der Waals surface area contributed by atoms with Crippen molar-refractivity contribution in [1.82, 2.24) is 0 Å². The second-order valence-electron chi connectivity index (χ2n) is 4.22. The molecule has 1 aliphatic rings. The van der Waals surface area contributed by atoms with Crippen LogP contribution in [0.3, 0.4) is 0 Å². The summed E-state index contributed by atoms with van der Waals surface area (Å²) in [6.07, 6.45) is 4.06. The molecule has 0 heterocycles. The summed E-state index contributed by atoms with van der Waals surface area (Å²) in [5, 5.41) is 0. The summed E-state index contributed by atoms with van der Waals surface area (Å²) < 4.78 is 5.37. The fourth-order valence-corrected chi connectivity index (χ4v) is 1.85. The molecule has 14 heavy (non-hydrogen) atoms. The third kappa shape index (κ3) is 2.50. The highest BCUT2D eigenvalue weighted by molar-refractivity contribution is 6.26. The molecule has 2 nitrogen and oxygen atoms in total. The Hall–Kier alpha value is -0.500. The molecule has 0 aromatic carbocycles. The van der Waals surface area contributed by atoms with E-state index < -0.39 is 0 Å². The average molecular weight is 217 g/mol. The van der Waals surface area contributed by atoms with Gasteiger partial charge in [0.15, 0.2) is 0 Å². The number of alkyl halides is 1. The highest BCUT2D eigenvalue weighted by Crippen LogP contribution is 2.35. The highest BCUT2D eigenvalue weighted by atomic mass is 35.5. The van der Waals surface area contributed by atoms with Crippen LogP contribution in [0.2, 0.25) is 0 Å². The molecule has 2 unspecified atom stereocenters. The first-order valence-corrected chi connectivity index (χ1v) is 5.46. The molecule has 0 amide bonds. The first kappa shape index (κ1) is 11.6. The van der Waals surface area contributed by atoms with E-state index in [0.717, 1.165) is 12.8 Å². The summed E-state index contributed by atoms with van der Waals surface area (Å²) in [7, 11) is 0. The van der Waals surface area contributed by atoms with Crippen molar-refractivity contribution in [2.75, 3.05) is 5.88 Å². The van der Waals surface area contributed by atoms with Gasteiger partial charge in [-0.2, -0.15) is 0 Å². The Balaban J connectivity index is 2.70. The largest absolute Gasteiger partial charge is 0.458 e. The monoisotopic (exact) mass is 216 g/mol. The molecule has 0 fully saturated rings. The van der Waals surface area contributed by atoms with Crippen LogP contribution in [0.4, 0.5) is 0 Å². The number of carbonyl (C=O) groups excluding carboxylic acids is 1. The lowest BCUT2D eigenvalue weighted by Crippen LogP contribution is -2.40. The predicted molar refractivity (Wildman–Crippen MR) is 57.4 cm³/mol. The SMILES string of the molecule is CC1=CC(C)C(C)(OC(=O)CCl)CC1. The Kier molecular flexibility index (Phi) is 3.59. The Morgan fingerprint density at radius 1 is 1.79 bits per heavy atom. The minimum absolute atomic E-state index is 0.0645. The zero-order chi connectivity index (χ0) is 10.8. The summed E-state index contributed by atoms with van der Waals surface area (Å²) in [5.74, 6) is -0.122. The van der Waals surface area contributed by atoms with Crippen molar-refractivity contribution in [1.29, 1.82) is 0 Å². The summed E-state index contributed by atoms with van der Waals surface area (Å²) in [5.41, 5.74) is 1.00. The van der Waals surface area contributed by atoms with Crippen LogP contribution in [0, 0.1) is 5.92 Å². The zero-order valence-corrected chi connectivity index (χ0v) is 9.73. The number of hydrogen-bond acceptors (Lipinski definition) is 2. The number of ether oxygens (including phenoxy) is 1. The third-order valence-electron chi connectivity index (χ3n) is 2.97. The van der Waals surface area contributed by atoms with Gasteiger partial charge in [-0.1, -0.05) is 18.6 Å². The quantitative estimate of drug-likeness (QED) is 0.403. The lowest BCUT2D eigenvalue weighted by Gasteiger charge is -2.37. The van der Waals surface area contributed by atoms with Gasteiger partial charge in [0.25, 0.3) is 0 Å². The van der Waals surface area contributed by atoms with Crippen LogP contribution < -0.4 is 0 Å². The van der Waals surface area contributed by atoms with Crippen molar-refractivity contribution in [3.8, 4) is 0 Å². The van der Waals surface area contributed by atoms with Gasteiger partial charge in [0.1, 0.15) is 11.5 Å². The molecule has 0 radical (unpaired) electrons. The van der Waals surface area contributed by atoms with Gasteiger partial charge in [-0.25, -0.2) is 0 Å². The Labute approximate surface area is 90.3 Å². The van der Waals surface area contributed by atoms with E-state index in [1.807, 2.05) is 6.92 Å². The van der Waals surface area contributed by atoms with Gasteiger partial charge >= 0.3 is 5.97 Å². The van der Waals surface area contributed by atoms with Gasteiger partial charge in [0, 0.05) is 5.92 Å². The average Bonchev–Trinajstić information content (AvgIpc) is 2.12. The zero-order valence-electron chi connectivity index (χ0n) is 8.97. The molecule has 0 aliphatic heterocycles. The first-order chi connectivity index (χ1) is 6.48. The van der Waals surface area contributed by atoms with E-state index in [0.29, 0.717) is 0 Å². The highest BCUT2D eigenvalue weighted by Gasteiger charge is 2.35. The normalized spacial score (nSPS) is 32.3. The molecule has 1 aliphatic carbocycles. The van der Waals surface area contributed by atoms with Crippen molar-refractivity contribution < 1.29 is 9.53 Å². The molecule has 2 atom stereocenters. The number of allylic oxidation sites excluding steroid dienone is 1. The smallest absolute Gasteiger partial charge is 0.321 e. The molecule has 3 heteroatoms. The van der Waals surface area contributed by atoms with Gasteiger partial charge in [-0.3, -0.25) is 4.79 Å². The van der Waals surface area contributed by atoms with Gasteiger partial charge in [-0.15, -0.1) is 11.6 Å². The summed E-state index contributed by atoms with van der Waals surface area (Å²) in [4.78, 5) is 11.1. The number of esters is 1. The second kappa shape index (κ2) is 4.35. The van der Waals surface area contributed by atoms with E-state index in [1.165, 1.54) is 5.57 Å². The lowest BCUT2D eigenvalue weighted by molar-refractivity contribution is -0.159. The molecule has 0 aromatic rings. The molecule has 0 saturated carbocycles. The maximum absolute atomic E-state index is 11.1. The van der Waals surface area contributed by atoms with Crippen LogP contribution in [0.25, 0.3) is 0 Å². The van der Waals surface area contributed by atoms with E-state index in [2.05, 4.69) is 19.9 Å². The minimum atomic E-state index is -0.370. The molecule has 80 valence electrons. The van der Waals surface area contributed by atoms with Crippen LogP contribution in [0.5, 0.6) is 0 Å². The molecule has 0 N–H and O–H groups in total. The number of hydrogen-bond donors (Lipinski definition) is 0. The Bertz CT molecular complexity index is 260. The Morgan fingerprint density at radius 3 is 2.93 bits per heavy atom. The van der Waals surface area contributed by atoms with Crippen molar-refractivity contribution in [2.24, 2.45) is 5.92 Å². The van der Waals surface area contributed by atoms with Crippen molar-refractivity contribution in [3.05, 3.63) is 11.6 Å². The van der Waals surface area contributed by atoms with E-state index in [1.54, 1.807) is 0 Å². The number of carbonyl (C=O) groups is 1. The standard InChI is InChI=1S/C11H17ClO2/c1-8-4-5-11(3,9(2)6-8)14-10(13)7-12/h6,9H,4-5,7H2,1-3H3. The Morgan fingerprint density at radius 2 is 2.43 bits per heavy atom. The van der Waals surface area contributed by atoms with Crippen molar-refractivity contribution >= 4 is 17.6 Å². The van der Waals surface area contributed by atoms with Gasteiger partial charge in [0.05, 0.1) is 0 Å². The lowest BCUT2D eigenvalue weighted by atomic mass is 9.79. The fourth-order valence-electron chi connectivity index (χ4n) is 1.79. The third-order valence-corrected chi connectivity index (χ3v) is 3.19. The van der Waals surface area contributed by atoms with Gasteiger partial charge in [-0.05, 0) is 26.7 Å². The van der Waals surface area contributed by atoms with Crippen molar-refractivity contribution in [2.45, 2.75) is 39.2 Å². The summed E-state index contributed by atoms with van der Waals surface area (Å²) in [6.45, 7) is 6.16.